The molecule has 0 fully saturated rings. The Morgan fingerprint density at radius 3 is 2.64 bits per heavy atom. The number of hydrogen-bond donors (Lipinski definition) is 1. The molecule has 1 N–H and O–H groups in total. The van der Waals surface area contributed by atoms with E-state index in [1.165, 1.54) is 5.54 Å². The van der Waals surface area contributed by atoms with Crippen molar-refractivity contribution in [3.05, 3.63) is 11.6 Å². The van der Waals surface area contributed by atoms with E-state index >= 15 is 0 Å². The van der Waals surface area contributed by atoms with E-state index in [0.29, 0.717) is 0 Å². The van der Waals surface area contributed by atoms with E-state index in [4.69, 9.17) is 16.7 Å². The molecule has 0 unspecified atom stereocenters. The van der Waals surface area contributed by atoms with E-state index in [-0.39, 0.29) is 6.42 Å². The Labute approximate surface area is 71.9 Å². The lowest BCUT2D eigenvalue weighted by Crippen LogP contribution is -1.93. The zero-order chi connectivity index (χ0) is 8.53. The fraction of sp³-hybridized carbons (Fsp3) is 0.625. The maximum atomic E-state index is 10.1. The summed E-state index contributed by atoms with van der Waals surface area (Å²) in [5, 5.41) is 8.28. The highest BCUT2D eigenvalue weighted by atomic mass is 35.5. The molecule has 2 nitrogen and oxygen atoms in total. The van der Waals surface area contributed by atoms with Gasteiger partial charge in [0, 0.05) is 12.0 Å². The third-order valence-corrected chi connectivity index (χ3v) is 1.53. The van der Waals surface area contributed by atoms with E-state index in [1.54, 1.807) is 0 Å². The highest BCUT2D eigenvalue weighted by molar-refractivity contribution is 6.25. The second kappa shape index (κ2) is 7.61. The van der Waals surface area contributed by atoms with Crippen molar-refractivity contribution in [3.8, 4) is 0 Å². The monoisotopic (exact) mass is 176 g/mol. The van der Waals surface area contributed by atoms with Gasteiger partial charge in [0.25, 0.3) is 0 Å². The van der Waals surface area contributed by atoms with Crippen LogP contribution in [0.25, 0.3) is 0 Å². The van der Waals surface area contributed by atoms with Crippen LogP contribution in [-0.2, 0) is 4.79 Å². The topological polar surface area (TPSA) is 37.3 Å². The van der Waals surface area contributed by atoms with E-state index in [9.17, 15) is 4.79 Å². The lowest BCUT2D eigenvalue weighted by atomic mass is 10.1. The second-order valence-electron chi connectivity index (χ2n) is 2.35. The van der Waals surface area contributed by atoms with E-state index in [2.05, 4.69) is 0 Å². The average Bonchev–Trinajstić information content (AvgIpc) is 1.96. The first-order valence-electron chi connectivity index (χ1n) is 3.74. The summed E-state index contributed by atoms with van der Waals surface area (Å²) >= 11 is 5.29. The molecule has 0 radical (unpaired) electrons. The average molecular weight is 177 g/mol. The molecule has 0 spiro atoms. The summed E-state index contributed by atoms with van der Waals surface area (Å²) in [5.74, 6) is -0.710. The summed E-state index contributed by atoms with van der Waals surface area (Å²) in [7, 11) is 0. The number of hydrogen-bond acceptors (Lipinski definition) is 1. The number of halogens is 1. The Hall–Kier alpha value is -0.500. The van der Waals surface area contributed by atoms with Gasteiger partial charge in [0.1, 0.15) is 0 Å². The number of rotatable bonds is 6. The van der Waals surface area contributed by atoms with Crippen molar-refractivity contribution >= 4 is 17.6 Å². The van der Waals surface area contributed by atoms with Crippen molar-refractivity contribution in [1.82, 2.24) is 0 Å². The molecular weight excluding hydrogens is 164 g/mol. The molecule has 0 aromatic carbocycles. The van der Waals surface area contributed by atoms with Crippen LogP contribution in [-0.4, -0.2) is 11.1 Å². The molecule has 0 aliphatic heterocycles. The van der Waals surface area contributed by atoms with Crippen LogP contribution < -0.4 is 0 Å². The molecule has 64 valence electrons. The van der Waals surface area contributed by atoms with Gasteiger partial charge >= 0.3 is 5.97 Å². The molecule has 0 aliphatic carbocycles. The summed E-state index contributed by atoms with van der Waals surface area (Å²) in [6, 6.07) is 0. The van der Waals surface area contributed by atoms with Gasteiger partial charge in [0.2, 0.25) is 0 Å². The van der Waals surface area contributed by atoms with Crippen molar-refractivity contribution in [2.45, 2.75) is 32.1 Å². The number of unbranched alkanes of at least 4 members (excludes halogenated alkanes) is 3. The number of allylic oxidation sites excluding steroid dienone is 1. The number of carboxylic acids is 1. The summed E-state index contributed by atoms with van der Waals surface area (Å²) in [6.07, 6.45) is 5.87. The van der Waals surface area contributed by atoms with Crippen LogP contribution in [0.15, 0.2) is 11.6 Å². The molecule has 0 amide bonds. The van der Waals surface area contributed by atoms with E-state index in [1.807, 2.05) is 6.08 Å². The Morgan fingerprint density at radius 1 is 1.36 bits per heavy atom. The van der Waals surface area contributed by atoms with Crippen molar-refractivity contribution in [3.63, 3.8) is 0 Å². The predicted molar refractivity (Wildman–Crippen MR) is 45.7 cm³/mol. The minimum absolute atomic E-state index is 0.282. The molecule has 0 atom stereocenters. The first kappa shape index (κ1) is 10.5. The van der Waals surface area contributed by atoms with Crippen molar-refractivity contribution < 1.29 is 9.90 Å². The third-order valence-electron chi connectivity index (χ3n) is 1.35. The van der Waals surface area contributed by atoms with Crippen LogP contribution in [0.1, 0.15) is 32.1 Å². The molecule has 0 saturated carbocycles. The Bertz CT molecular complexity index is 132. The SMILES string of the molecule is O=C(O)CCCCC/C=C/Cl. The van der Waals surface area contributed by atoms with Gasteiger partial charge in [-0.05, 0) is 19.3 Å². The van der Waals surface area contributed by atoms with Crippen molar-refractivity contribution in [2.24, 2.45) is 0 Å². The predicted octanol–water partition coefficient (Wildman–Crippen LogP) is 2.77. The molecule has 0 aliphatic rings. The van der Waals surface area contributed by atoms with Gasteiger partial charge in [-0.3, -0.25) is 4.79 Å². The van der Waals surface area contributed by atoms with Crippen molar-refractivity contribution in [1.29, 1.82) is 0 Å². The van der Waals surface area contributed by atoms with Gasteiger partial charge < -0.3 is 5.11 Å². The molecular formula is C8H13ClO2. The maximum Gasteiger partial charge on any atom is 0.303 e. The van der Waals surface area contributed by atoms with Gasteiger partial charge in [-0.1, -0.05) is 24.1 Å². The fourth-order valence-electron chi connectivity index (χ4n) is 0.778. The lowest BCUT2D eigenvalue weighted by Gasteiger charge is -1.93. The minimum atomic E-state index is -0.710. The number of aliphatic carboxylic acids is 1. The van der Waals surface area contributed by atoms with Gasteiger partial charge in [-0.15, -0.1) is 0 Å². The summed E-state index contributed by atoms with van der Waals surface area (Å²) in [6.45, 7) is 0. The van der Waals surface area contributed by atoms with Crippen LogP contribution in [0.3, 0.4) is 0 Å². The highest BCUT2D eigenvalue weighted by Gasteiger charge is 1.94. The van der Waals surface area contributed by atoms with Crippen LogP contribution >= 0.6 is 11.6 Å². The van der Waals surface area contributed by atoms with Gasteiger partial charge in [-0.25, -0.2) is 0 Å². The summed E-state index contributed by atoms with van der Waals surface area (Å²) in [5.41, 5.74) is 1.50. The molecule has 0 bridgehead atoms. The van der Waals surface area contributed by atoms with E-state index < -0.39 is 5.97 Å². The molecule has 0 heterocycles. The second-order valence-corrected chi connectivity index (χ2v) is 2.61. The molecule has 0 saturated heterocycles. The Balaban J connectivity index is 2.96. The van der Waals surface area contributed by atoms with Gasteiger partial charge in [-0.2, -0.15) is 0 Å². The van der Waals surface area contributed by atoms with Crippen LogP contribution in [0.5, 0.6) is 0 Å². The Kier molecular flexibility index (Phi) is 7.26. The summed E-state index contributed by atoms with van der Waals surface area (Å²) in [4.78, 5) is 10.1. The normalized spacial score (nSPS) is 10.6. The summed E-state index contributed by atoms with van der Waals surface area (Å²) < 4.78 is 0. The van der Waals surface area contributed by atoms with E-state index in [0.717, 1.165) is 25.7 Å². The number of carbonyl (C=O) groups is 1. The Morgan fingerprint density at radius 2 is 2.09 bits per heavy atom. The first-order valence-corrected chi connectivity index (χ1v) is 4.18. The molecule has 0 aromatic rings. The molecule has 11 heavy (non-hydrogen) atoms. The van der Waals surface area contributed by atoms with Crippen LogP contribution in [0, 0.1) is 0 Å². The third kappa shape index (κ3) is 9.50. The molecule has 3 heteroatoms. The van der Waals surface area contributed by atoms with Gasteiger partial charge in [0.05, 0.1) is 0 Å². The molecule has 0 rings (SSSR count). The standard InChI is InChI=1S/C8H13ClO2/c9-7-5-3-1-2-4-6-8(10)11/h5,7H,1-4,6H2,(H,10,11)/b7-5+. The zero-order valence-corrected chi connectivity index (χ0v) is 7.18. The minimum Gasteiger partial charge on any atom is -0.481 e. The lowest BCUT2D eigenvalue weighted by molar-refractivity contribution is -0.137. The largest absolute Gasteiger partial charge is 0.481 e. The zero-order valence-electron chi connectivity index (χ0n) is 6.42. The molecule has 0 aromatic heterocycles. The van der Waals surface area contributed by atoms with Gasteiger partial charge in [0.15, 0.2) is 0 Å². The first-order chi connectivity index (χ1) is 5.27. The van der Waals surface area contributed by atoms with Crippen molar-refractivity contribution in [2.75, 3.05) is 0 Å². The maximum absolute atomic E-state index is 10.1. The quantitative estimate of drug-likeness (QED) is 0.632. The van der Waals surface area contributed by atoms with Crippen LogP contribution in [0.2, 0.25) is 0 Å². The fourth-order valence-corrected chi connectivity index (χ4v) is 0.904. The highest BCUT2D eigenvalue weighted by Crippen LogP contribution is 2.03. The van der Waals surface area contributed by atoms with Crippen LogP contribution in [0.4, 0.5) is 0 Å². The number of carboxylic acid groups (broad SMARTS) is 1. The smallest absolute Gasteiger partial charge is 0.303 e.